The summed E-state index contributed by atoms with van der Waals surface area (Å²) in [7, 11) is 0. The Morgan fingerprint density at radius 3 is 2.48 bits per heavy atom. The molecular formula is C22H28N2O3. The molecule has 27 heavy (non-hydrogen) atoms. The van der Waals surface area contributed by atoms with E-state index in [-0.39, 0.29) is 11.8 Å². The van der Waals surface area contributed by atoms with E-state index in [0.29, 0.717) is 23.5 Å². The molecule has 0 aromatic heterocycles. The smallest absolute Gasteiger partial charge is 0.265 e. The highest BCUT2D eigenvalue weighted by Crippen LogP contribution is 2.16. The molecule has 2 aromatic rings. The van der Waals surface area contributed by atoms with Crippen molar-refractivity contribution in [2.75, 3.05) is 11.9 Å². The third kappa shape index (κ3) is 6.44. The van der Waals surface area contributed by atoms with Crippen molar-refractivity contribution in [1.29, 1.82) is 0 Å². The Morgan fingerprint density at radius 1 is 1.07 bits per heavy atom. The van der Waals surface area contributed by atoms with Crippen LogP contribution in [0.3, 0.4) is 0 Å². The van der Waals surface area contributed by atoms with Crippen molar-refractivity contribution in [1.82, 2.24) is 5.32 Å². The molecule has 0 fully saturated rings. The summed E-state index contributed by atoms with van der Waals surface area (Å²) >= 11 is 0. The highest BCUT2D eigenvalue weighted by atomic mass is 16.5. The second-order valence-corrected chi connectivity index (χ2v) is 6.44. The number of ether oxygens (including phenoxy) is 1. The Balaban J connectivity index is 1.93. The van der Waals surface area contributed by atoms with Crippen LogP contribution >= 0.6 is 0 Å². The van der Waals surface area contributed by atoms with Crippen molar-refractivity contribution in [2.45, 2.75) is 46.1 Å². The largest absolute Gasteiger partial charge is 0.481 e. The maximum absolute atomic E-state index is 12.4. The maximum atomic E-state index is 12.4. The Morgan fingerprint density at radius 2 is 1.81 bits per heavy atom. The fourth-order valence-corrected chi connectivity index (χ4v) is 2.52. The van der Waals surface area contributed by atoms with Crippen LogP contribution in [-0.4, -0.2) is 24.5 Å². The third-order valence-corrected chi connectivity index (χ3v) is 4.22. The molecule has 2 aromatic carbocycles. The first-order valence-corrected chi connectivity index (χ1v) is 9.48. The molecule has 0 aliphatic carbocycles. The van der Waals surface area contributed by atoms with E-state index in [1.54, 1.807) is 31.2 Å². The molecule has 2 amide bonds. The topological polar surface area (TPSA) is 67.4 Å². The molecule has 2 N–H and O–H groups in total. The van der Waals surface area contributed by atoms with Gasteiger partial charge < -0.3 is 15.4 Å². The molecule has 0 saturated carbocycles. The quantitative estimate of drug-likeness (QED) is 0.652. The van der Waals surface area contributed by atoms with E-state index in [9.17, 15) is 9.59 Å². The van der Waals surface area contributed by atoms with Crippen LogP contribution < -0.4 is 15.4 Å². The van der Waals surface area contributed by atoms with Gasteiger partial charge in [-0.3, -0.25) is 9.59 Å². The van der Waals surface area contributed by atoms with E-state index in [2.05, 4.69) is 24.5 Å². The summed E-state index contributed by atoms with van der Waals surface area (Å²) in [5, 5.41) is 5.67. The first kappa shape index (κ1) is 20.5. The summed E-state index contributed by atoms with van der Waals surface area (Å²) in [4.78, 5) is 24.5. The van der Waals surface area contributed by atoms with Crippen molar-refractivity contribution in [3.8, 4) is 5.75 Å². The lowest BCUT2D eigenvalue weighted by molar-refractivity contribution is -0.122. The molecule has 144 valence electrons. The number of nitrogens with one attached hydrogen (secondary N) is 2. The number of hydrogen-bond donors (Lipinski definition) is 2. The predicted octanol–water partition coefficient (Wildman–Crippen LogP) is 4.18. The SMILES string of the molecule is CCCCNC(=O)c1cccc(NC(=O)C(C)Oc2ccc(CC)cc2)c1. The summed E-state index contributed by atoms with van der Waals surface area (Å²) in [6.07, 6.45) is 2.27. The van der Waals surface area contributed by atoms with Gasteiger partial charge in [0.1, 0.15) is 5.75 Å². The average Bonchev–Trinajstić information content (AvgIpc) is 2.68. The fourth-order valence-electron chi connectivity index (χ4n) is 2.52. The van der Waals surface area contributed by atoms with Gasteiger partial charge in [0.25, 0.3) is 11.8 Å². The van der Waals surface area contributed by atoms with Crippen LogP contribution in [0.4, 0.5) is 5.69 Å². The number of hydrogen-bond acceptors (Lipinski definition) is 3. The zero-order valence-electron chi connectivity index (χ0n) is 16.2. The van der Waals surface area contributed by atoms with Crippen LogP contribution in [-0.2, 0) is 11.2 Å². The first-order valence-electron chi connectivity index (χ1n) is 9.48. The molecule has 5 heteroatoms. The molecular weight excluding hydrogens is 340 g/mol. The summed E-state index contributed by atoms with van der Waals surface area (Å²) in [6, 6.07) is 14.6. The molecule has 0 aliphatic heterocycles. The molecule has 1 unspecified atom stereocenters. The monoisotopic (exact) mass is 368 g/mol. The second kappa shape index (κ2) is 10.4. The number of unbranched alkanes of at least 4 members (excludes halogenated alkanes) is 1. The maximum Gasteiger partial charge on any atom is 0.265 e. The van der Waals surface area contributed by atoms with E-state index < -0.39 is 6.10 Å². The van der Waals surface area contributed by atoms with Crippen LogP contribution in [0.1, 0.15) is 49.5 Å². The van der Waals surface area contributed by atoms with Gasteiger partial charge in [0.15, 0.2) is 6.10 Å². The Labute approximate surface area is 161 Å². The minimum Gasteiger partial charge on any atom is -0.481 e. The minimum absolute atomic E-state index is 0.139. The minimum atomic E-state index is -0.653. The number of carbonyl (C=O) groups is 2. The summed E-state index contributed by atoms with van der Waals surface area (Å²) in [5.74, 6) is 0.247. The van der Waals surface area contributed by atoms with Crippen molar-refractivity contribution in [3.05, 3.63) is 59.7 Å². The molecule has 0 radical (unpaired) electrons. The van der Waals surface area contributed by atoms with E-state index in [0.717, 1.165) is 19.3 Å². The zero-order valence-corrected chi connectivity index (χ0v) is 16.2. The van der Waals surface area contributed by atoms with Gasteiger partial charge in [-0.25, -0.2) is 0 Å². The lowest BCUT2D eigenvalue weighted by atomic mass is 10.1. The highest BCUT2D eigenvalue weighted by molar-refractivity contribution is 5.98. The van der Waals surface area contributed by atoms with E-state index >= 15 is 0 Å². The van der Waals surface area contributed by atoms with E-state index in [1.807, 2.05) is 24.3 Å². The highest BCUT2D eigenvalue weighted by Gasteiger charge is 2.15. The van der Waals surface area contributed by atoms with Gasteiger partial charge in [-0.15, -0.1) is 0 Å². The second-order valence-electron chi connectivity index (χ2n) is 6.44. The lowest BCUT2D eigenvalue weighted by Crippen LogP contribution is -2.30. The Hall–Kier alpha value is -2.82. The van der Waals surface area contributed by atoms with Crippen molar-refractivity contribution in [2.24, 2.45) is 0 Å². The van der Waals surface area contributed by atoms with Gasteiger partial charge in [0.05, 0.1) is 0 Å². The van der Waals surface area contributed by atoms with Crippen LogP contribution in [0.5, 0.6) is 5.75 Å². The standard InChI is InChI=1S/C22H28N2O3/c1-4-6-14-23-22(26)18-8-7-9-19(15-18)24-21(25)16(3)27-20-12-10-17(5-2)11-13-20/h7-13,15-16H,4-6,14H2,1-3H3,(H,23,26)(H,24,25). The van der Waals surface area contributed by atoms with Crippen molar-refractivity contribution < 1.29 is 14.3 Å². The molecule has 1 atom stereocenters. The summed E-state index contributed by atoms with van der Waals surface area (Å²) < 4.78 is 5.70. The zero-order chi connectivity index (χ0) is 19.6. The number of amides is 2. The molecule has 0 saturated heterocycles. The summed E-state index contributed by atoms with van der Waals surface area (Å²) in [5.41, 5.74) is 2.31. The number of anilines is 1. The number of benzene rings is 2. The van der Waals surface area contributed by atoms with Gasteiger partial charge in [0, 0.05) is 17.8 Å². The van der Waals surface area contributed by atoms with Gasteiger partial charge in [-0.05, 0) is 55.7 Å². The molecule has 0 spiro atoms. The molecule has 0 heterocycles. The van der Waals surface area contributed by atoms with E-state index in [1.165, 1.54) is 5.56 Å². The van der Waals surface area contributed by atoms with Crippen LogP contribution in [0.15, 0.2) is 48.5 Å². The van der Waals surface area contributed by atoms with Crippen molar-refractivity contribution >= 4 is 17.5 Å². The van der Waals surface area contributed by atoms with Crippen molar-refractivity contribution in [3.63, 3.8) is 0 Å². The molecule has 0 bridgehead atoms. The van der Waals surface area contributed by atoms with Crippen LogP contribution in [0, 0.1) is 0 Å². The van der Waals surface area contributed by atoms with Crippen LogP contribution in [0.2, 0.25) is 0 Å². The van der Waals surface area contributed by atoms with Gasteiger partial charge in [0.2, 0.25) is 0 Å². The van der Waals surface area contributed by atoms with Gasteiger partial charge in [-0.2, -0.15) is 0 Å². The van der Waals surface area contributed by atoms with Gasteiger partial charge in [-0.1, -0.05) is 38.5 Å². The molecule has 0 aliphatic rings. The Bertz CT molecular complexity index is 756. The lowest BCUT2D eigenvalue weighted by Gasteiger charge is -2.15. The fraction of sp³-hybridized carbons (Fsp3) is 0.364. The number of carbonyl (C=O) groups excluding carboxylic acids is 2. The van der Waals surface area contributed by atoms with Crippen LogP contribution in [0.25, 0.3) is 0 Å². The number of rotatable bonds is 9. The van der Waals surface area contributed by atoms with Gasteiger partial charge >= 0.3 is 0 Å². The summed E-state index contributed by atoms with van der Waals surface area (Å²) in [6.45, 7) is 6.51. The predicted molar refractivity (Wildman–Crippen MR) is 108 cm³/mol. The average molecular weight is 368 g/mol. The Kier molecular flexibility index (Phi) is 7.86. The first-order chi connectivity index (χ1) is 13.0. The normalized spacial score (nSPS) is 11.5. The third-order valence-electron chi connectivity index (χ3n) is 4.22. The van der Waals surface area contributed by atoms with E-state index in [4.69, 9.17) is 4.74 Å². The molecule has 2 rings (SSSR count). The molecule has 5 nitrogen and oxygen atoms in total. The number of aryl methyl sites for hydroxylation is 1.